The monoisotopic (exact) mass is 469 g/mol. The normalized spacial score (nSPS) is 14.2. The lowest BCUT2D eigenvalue weighted by Gasteiger charge is -2.08. The molecular formula is C20H18F3N3O3S2. The van der Waals surface area contributed by atoms with Gasteiger partial charge in [-0.1, -0.05) is 17.4 Å². The van der Waals surface area contributed by atoms with Gasteiger partial charge in [0.15, 0.2) is 5.13 Å². The maximum Gasteiger partial charge on any atom is 0.416 e. The SMILES string of the molecule is O=C(O)CCSc1cnc(NC(=O)c2cn(CC3CC3)c3cc(C(F)(F)F)ccc23)s1. The molecule has 4 rings (SSSR count). The van der Waals surface area contributed by atoms with E-state index in [-0.39, 0.29) is 6.42 Å². The highest BCUT2D eigenvalue weighted by Gasteiger charge is 2.32. The summed E-state index contributed by atoms with van der Waals surface area (Å²) in [5.74, 6) is -0.524. The molecule has 164 valence electrons. The van der Waals surface area contributed by atoms with Gasteiger partial charge in [-0.3, -0.25) is 14.9 Å². The molecule has 1 amide bonds. The van der Waals surface area contributed by atoms with Gasteiger partial charge in [-0.2, -0.15) is 13.2 Å². The van der Waals surface area contributed by atoms with Crippen molar-refractivity contribution in [3.8, 4) is 0 Å². The molecule has 1 aromatic carbocycles. The fourth-order valence-corrected chi connectivity index (χ4v) is 5.04. The van der Waals surface area contributed by atoms with Crippen molar-refractivity contribution in [1.29, 1.82) is 0 Å². The molecule has 1 aliphatic carbocycles. The van der Waals surface area contributed by atoms with Crippen LogP contribution in [0.5, 0.6) is 0 Å². The van der Waals surface area contributed by atoms with Crippen LogP contribution in [0.15, 0.2) is 34.8 Å². The summed E-state index contributed by atoms with van der Waals surface area (Å²) in [6.07, 6.45) is 0.780. The van der Waals surface area contributed by atoms with Gasteiger partial charge < -0.3 is 9.67 Å². The number of carboxylic acid groups (broad SMARTS) is 1. The standard InChI is InChI=1S/C20H18F3N3O3S2/c21-20(22,23)12-3-4-13-14(10-26(15(13)7-12)9-11-1-2-11)18(29)25-19-24-8-17(31-19)30-6-5-16(27)28/h3-4,7-8,10-11H,1-2,5-6,9H2,(H,27,28)(H,24,25,29). The van der Waals surface area contributed by atoms with Crippen LogP contribution in [-0.2, 0) is 17.5 Å². The quantitative estimate of drug-likeness (QED) is 0.435. The highest BCUT2D eigenvalue weighted by molar-refractivity contribution is 8.01. The minimum atomic E-state index is -4.46. The molecule has 0 atom stereocenters. The Balaban J connectivity index is 1.56. The second-order valence-corrected chi connectivity index (χ2v) is 9.72. The fourth-order valence-electron chi connectivity index (χ4n) is 3.17. The van der Waals surface area contributed by atoms with Gasteiger partial charge in [0.05, 0.1) is 28.0 Å². The molecule has 0 bridgehead atoms. The van der Waals surface area contributed by atoms with Gasteiger partial charge in [-0.15, -0.1) is 11.8 Å². The van der Waals surface area contributed by atoms with Crippen molar-refractivity contribution in [1.82, 2.24) is 9.55 Å². The number of nitrogens with one attached hydrogen (secondary N) is 1. The zero-order valence-electron chi connectivity index (χ0n) is 16.1. The van der Waals surface area contributed by atoms with Crippen molar-refractivity contribution >= 4 is 51.0 Å². The summed E-state index contributed by atoms with van der Waals surface area (Å²) in [6.45, 7) is 0.576. The minimum absolute atomic E-state index is 0.0185. The van der Waals surface area contributed by atoms with Crippen LogP contribution >= 0.6 is 23.1 Å². The van der Waals surface area contributed by atoms with Crippen molar-refractivity contribution in [2.75, 3.05) is 11.1 Å². The first-order valence-electron chi connectivity index (χ1n) is 9.52. The summed E-state index contributed by atoms with van der Waals surface area (Å²) in [6, 6.07) is 3.42. The Bertz CT molecular complexity index is 1140. The Morgan fingerprint density at radius 2 is 2.10 bits per heavy atom. The van der Waals surface area contributed by atoms with Crippen LogP contribution in [0.1, 0.15) is 35.2 Å². The summed E-state index contributed by atoms with van der Waals surface area (Å²) in [5, 5.41) is 12.2. The molecule has 6 nitrogen and oxygen atoms in total. The number of carbonyl (C=O) groups is 2. The highest BCUT2D eigenvalue weighted by Crippen LogP contribution is 2.36. The number of halogens is 3. The second-order valence-electron chi connectivity index (χ2n) is 7.30. The Morgan fingerprint density at radius 3 is 2.77 bits per heavy atom. The summed E-state index contributed by atoms with van der Waals surface area (Å²) in [5.41, 5.74) is -0.0689. The van der Waals surface area contributed by atoms with Crippen LogP contribution < -0.4 is 5.32 Å². The number of hydrogen-bond acceptors (Lipinski definition) is 5. The number of alkyl halides is 3. The molecule has 1 aliphatic rings. The highest BCUT2D eigenvalue weighted by atomic mass is 32.2. The minimum Gasteiger partial charge on any atom is -0.481 e. The van der Waals surface area contributed by atoms with Gasteiger partial charge in [0.2, 0.25) is 0 Å². The van der Waals surface area contributed by atoms with E-state index in [1.54, 1.807) is 17.0 Å². The second kappa shape index (κ2) is 8.54. The number of thioether (sulfide) groups is 1. The van der Waals surface area contributed by atoms with Crippen LogP contribution in [0.4, 0.5) is 18.3 Å². The zero-order valence-corrected chi connectivity index (χ0v) is 17.7. The molecule has 1 fully saturated rings. The summed E-state index contributed by atoms with van der Waals surface area (Å²) in [7, 11) is 0. The number of benzene rings is 1. The number of anilines is 1. The maximum atomic E-state index is 13.2. The van der Waals surface area contributed by atoms with E-state index in [1.165, 1.54) is 29.2 Å². The summed E-state index contributed by atoms with van der Waals surface area (Å²) in [4.78, 5) is 27.6. The molecule has 2 aromatic heterocycles. The van der Waals surface area contributed by atoms with Crippen LogP contribution in [0.25, 0.3) is 10.9 Å². The number of thiazole rings is 1. The number of rotatable bonds is 8. The zero-order chi connectivity index (χ0) is 22.2. The molecule has 0 aliphatic heterocycles. The van der Waals surface area contributed by atoms with Crippen molar-refractivity contribution in [2.24, 2.45) is 5.92 Å². The van der Waals surface area contributed by atoms with Crippen LogP contribution in [-0.4, -0.2) is 32.3 Å². The van der Waals surface area contributed by atoms with Crippen LogP contribution in [0, 0.1) is 5.92 Å². The van der Waals surface area contributed by atoms with E-state index in [0.29, 0.717) is 39.8 Å². The van der Waals surface area contributed by atoms with Gasteiger partial charge in [0.1, 0.15) is 0 Å². The van der Waals surface area contributed by atoms with Crippen molar-refractivity contribution in [3.05, 3.63) is 41.7 Å². The van der Waals surface area contributed by atoms with E-state index in [4.69, 9.17) is 5.11 Å². The van der Waals surface area contributed by atoms with Gasteiger partial charge in [-0.05, 0) is 30.9 Å². The fraction of sp³-hybridized carbons (Fsp3) is 0.350. The van der Waals surface area contributed by atoms with Crippen molar-refractivity contribution < 1.29 is 27.9 Å². The molecular weight excluding hydrogens is 451 g/mol. The van der Waals surface area contributed by atoms with Gasteiger partial charge in [0, 0.05) is 29.4 Å². The number of carboxylic acids is 1. The maximum absolute atomic E-state index is 13.2. The third-order valence-electron chi connectivity index (χ3n) is 4.87. The topological polar surface area (TPSA) is 84.2 Å². The molecule has 11 heteroatoms. The first-order chi connectivity index (χ1) is 14.7. The molecule has 0 unspecified atom stereocenters. The lowest BCUT2D eigenvalue weighted by molar-refractivity contribution is -0.138. The molecule has 31 heavy (non-hydrogen) atoms. The molecule has 2 heterocycles. The lowest BCUT2D eigenvalue weighted by Crippen LogP contribution is -2.11. The van der Waals surface area contributed by atoms with Crippen molar-refractivity contribution in [3.63, 3.8) is 0 Å². The first kappa shape index (κ1) is 21.7. The van der Waals surface area contributed by atoms with Crippen LogP contribution in [0.3, 0.4) is 0 Å². The number of aromatic nitrogens is 2. The third-order valence-corrected chi connectivity index (χ3v) is 6.98. The Morgan fingerprint density at radius 1 is 1.32 bits per heavy atom. The molecule has 0 radical (unpaired) electrons. The molecule has 3 aromatic rings. The van der Waals surface area contributed by atoms with Crippen molar-refractivity contribution in [2.45, 2.75) is 36.2 Å². The Kier molecular flexibility index (Phi) is 5.98. The van der Waals surface area contributed by atoms with Gasteiger partial charge in [0.25, 0.3) is 5.91 Å². The average molecular weight is 470 g/mol. The number of amides is 1. The number of nitrogens with zero attached hydrogens (tertiary/aromatic N) is 2. The average Bonchev–Trinajstić information content (AvgIpc) is 3.28. The third kappa shape index (κ3) is 5.21. The molecule has 1 saturated carbocycles. The Hall–Kier alpha value is -2.53. The summed E-state index contributed by atoms with van der Waals surface area (Å²) < 4.78 is 42.0. The number of aliphatic carboxylic acids is 1. The van der Waals surface area contributed by atoms with Crippen LogP contribution in [0.2, 0.25) is 0 Å². The number of fused-ring (bicyclic) bond motifs is 1. The van der Waals surface area contributed by atoms with E-state index in [1.807, 2.05) is 0 Å². The van der Waals surface area contributed by atoms with Gasteiger partial charge in [-0.25, -0.2) is 4.98 Å². The van der Waals surface area contributed by atoms with E-state index in [2.05, 4.69) is 10.3 Å². The largest absolute Gasteiger partial charge is 0.481 e. The predicted molar refractivity (Wildman–Crippen MR) is 113 cm³/mol. The van der Waals surface area contributed by atoms with Gasteiger partial charge >= 0.3 is 12.1 Å². The van der Waals surface area contributed by atoms with E-state index < -0.39 is 23.6 Å². The molecule has 0 spiro atoms. The first-order valence-corrected chi connectivity index (χ1v) is 11.3. The number of carbonyl (C=O) groups excluding carboxylic acids is 1. The van der Waals surface area contributed by atoms with E-state index in [0.717, 1.165) is 29.2 Å². The predicted octanol–water partition coefficient (Wildman–Crippen LogP) is 5.35. The van der Waals surface area contributed by atoms with E-state index >= 15 is 0 Å². The van der Waals surface area contributed by atoms with E-state index in [9.17, 15) is 22.8 Å². The smallest absolute Gasteiger partial charge is 0.416 e. The Labute approximate surface area is 183 Å². The lowest BCUT2D eigenvalue weighted by atomic mass is 10.1. The number of hydrogen-bond donors (Lipinski definition) is 2. The molecule has 0 saturated heterocycles. The summed E-state index contributed by atoms with van der Waals surface area (Å²) >= 11 is 2.55. The molecule has 2 N–H and O–H groups in total.